The van der Waals surface area contributed by atoms with Gasteiger partial charge in [-0.05, 0) is 17.7 Å². The number of carbonyl (C=O) groups is 3. The van der Waals surface area contributed by atoms with Crippen LogP contribution in [0, 0.1) is 0 Å². The number of carboxylic acid groups (broad SMARTS) is 1. The summed E-state index contributed by atoms with van der Waals surface area (Å²) in [4.78, 5) is 39.7. The van der Waals surface area contributed by atoms with Crippen LogP contribution in [0.3, 0.4) is 0 Å². The third kappa shape index (κ3) is 4.77. The van der Waals surface area contributed by atoms with Gasteiger partial charge in [-0.2, -0.15) is 0 Å². The predicted octanol–water partition coefficient (Wildman–Crippen LogP) is 3.27. The summed E-state index contributed by atoms with van der Waals surface area (Å²) in [7, 11) is 0. The first-order valence-corrected chi connectivity index (χ1v) is 8.84. The van der Waals surface area contributed by atoms with E-state index < -0.39 is 11.9 Å². The molecule has 0 saturated carbocycles. The summed E-state index contributed by atoms with van der Waals surface area (Å²) in [5, 5.41) is 16.1. The summed E-state index contributed by atoms with van der Waals surface area (Å²) < 4.78 is 0. The quantitative estimate of drug-likeness (QED) is 0.607. The van der Waals surface area contributed by atoms with Gasteiger partial charge < -0.3 is 15.7 Å². The normalized spacial score (nSPS) is 10.2. The Hall–Kier alpha value is -3.52. The van der Waals surface area contributed by atoms with E-state index in [1.807, 2.05) is 30.3 Å². The van der Waals surface area contributed by atoms with E-state index in [1.54, 1.807) is 12.1 Å². The summed E-state index contributed by atoms with van der Waals surface area (Å²) >= 11 is 1.12. The van der Waals surface area contributed by atoms with Crippen molar-refractivity contribution < 1.29 is 19.5 Å². The van der Waals surface area contributed by atoms with Gasteiger partial charge in [0.2, 0.25) is 5.91 Å². The van der Waals surface area contributed by atoms with E-state index in [4.69, 9.17) is 5.11 Å². The maximum Gasteiger partial charge on any atom is 0.337 e. The van der Waals surface area contributed by atoms with E-state index in [9.17, 15) is 14.4 Å². The van der Waals surface area contributed by atoms with Crippen molar-refractivity contribution in [2.45, 2.75) is 6.42 Å². The van der Waals surface area contributed by atoms with Gasteiger partial charge in [-0.3, -0.25) is 9.59 Å². The van der Waals surface area contributed by atoms with Gasteiger partial charge in [0.1, 0.15) is 5.69 Å². The van der Waals surface area contributed by atoms with Crippen LogP contribution in [0.2, 0.25) is 0 Å². The van der Waals surface area contributed by atoms with Gasteiger partial charge in [0.05, 0.1) is 17.7 Å². The average molecular weight is 381 g/mol. The largest absolute Gasteiger partial charge is 0.478 e. The summed E-state index contributed by atoms with van der Waals surface area (Å²) in [6.45, 7) is 0. The van der Waals surface area contributed by atoms with E-state index >= 15 is 0 Å². The number of thiazole rings is 1. The van der Waals surface area contributed by atoms with Crippen LogP contribution in [0.4, 0.5) is 10.8 Å². The second kappa shape index (κ2) is 8.24. The lowest BCUT2D eigenvalue weighted by atomic mass is 10.1. The third-order valence-electron chi connectivity index (χ3n) is 3.60. The number of hydrogen-bond donors (Lipinski definition) is 3. The Balaban J connectivity index is 1.64. The van der Waals surface area contributed by atoms with Crippen LogP contribution in [0.15, 0.2) is 60.0 Å². The highest BCUT2D eigenvalue weighted by Gasteiger charge is 2.16. The summed E-state index contributed by atoms with van der Waals surface area (Å²) in [6, 6.07) is 15.4. The monoisotopic (exact) mass is 381 g/mol. The minimum atomic E-state index is -1.14. The van der Waals surface area contributed by atoms with E-state index in [-0.39, 0.29) is 29.3 Å². The number of aromatic nitrogens is 1. The average Bonchev–Trinajstić information content (AvgIpc) is 3.11. The molecule has 0 atom stereocenters. The smallest absolute Gasteiger partial charge is 0.337 e. The predicted molar refractivity (Wildman–Crippen MR) is 102 cm³/mol. The van der Waals surface area contributed by atoms with Crippen molar-refractivity contribution in [1.29, 1.82) is 0 Å². The Kier molecular flexibility index (Phi) is 5.58. The molecule has 3 aromatic rings. The number of amides is 2. The van der Waals surface area contributed by atoms with E-state index in [2.05, 4.69) is 15.6 Å². The number of carbonyl (C=O) groups excluding carboxylic acids is 2. The Morgan fingerprint density at radius 1 is 0.963 bits per heavy atom. The summed E-state index contributed by atoms with van der Waals surface area (Å²) in [5.41, 5.74) is 1.13. The molecule has 3 rings (SSSR count). The number of nitrogens with zero attached hydrogens (tertiary/aromatic N) is 1. The number of para-hydroxylation sites is 1. The van der Waals surface area contributed by atoms with Crippen molar-refractivity contribution in [3.05, 3.63) is 76.8 Å². The maximum absolute atomic E-state index is 12.3. The number of aromatic carboxylic acids is 1. The Labute approximate surface area is 158 Å². The van der Waals surface area contributed by atoms with Gasteiger partial charge in [-0.25, -0.2) is 9.78 Å². The Bertz CT molecular complexity index is 985. The highest BCUT2D eigenvalue weighted by Crippen LogP contribution is 2.19. The van der Waals surface area contributed by atoms with Gasteiger partial charge in [0.25, 0.3) is 5.91 Å². The summed E-state index contributed by atoms with van der Waals surface area (Å²) in [5.74, 6) is -1.93. The van der Waals surface area contributed by atoms with Crippen LogP contribution in [-0.4, -0.2) is 27.9 Å². The van der Waals surface area contributed by atoms with Crippen LogP contribution in [0.5, 0.6) is 0 Å². The molecule has 0 fully saturated rings. The minimum absolute atomic E-state index is 0.0162. The molecule has 7 nitrogen and oxygen atoms in total. The molecule has 2 amide bonds. The van der Waals surface area contributed by atoms with Crippen LogP contribution in [0.25, 0.3) is 0 Å². The van der Waals surface area contributed by atoms with Crippen LogP contribution in [0.1, 0.15) is 26.4 Å². The van der Waals surface area contributed by atoms with E-state index in [0.717, 1.165) is 16.9 Å². The molecule has 0 spiro atoms. The van der Waals surface area contributed by atoms with Crippen molar-refractivity contribution in [1.82, 2.24) is 4.98 Å². The lowest BCUT2D eigenvalue weighted by molar-refractivity contribution is -0.115. The molecule has 3 N–H and O–H groups in total. The Morgan fingerprint density at radius 2 is 1.67 bits per heavy atom. The number of anilines is 2. The SMILES string of the molecule is O=C(Cc1ccccc1)Nc1nc(C(=O)Nc2ccccc2C(=O)O)cs1. The van der Waals surface area contributed by atoms with E-state index in [1.165, 1.54) is 17.5 Å². The topological polar surface area (TPSA) is 108 Å². The maximum atomic E-state index is 12.3. The zero-order valence-corrected chi connectivity index (χ0v) is 14.8. The fourth-order valence-electron chi connectivity index (χ4n) is 2.35. The lowest BCUT2D eigenvalue weighted by Crippen LogP contribution is -2.16. The molecule has 27 heavy (non-hydrogen) atoms. The third-order valence-corrected chi connectivity index (χ3v) is 4.35. The van der Waals surface area contributed by atoms with Crippen molar-refractivity contribution in [2.24, 2.45) is 0 Å². The second-order valence-corrected chi connectivity index (χ2v) is 6.41. The van der Waals surface area contributed by atoms with Gasteiger partial charge >= 0.3 is 5.97 Å². The highest BCUT2D eigenvalue weighted by molar-refractivity contribution is 7.14. The molecule has 1 aromatic heterocycles. The molecule has 2 aromatic carbocycles. The molecule has 0 unspecified atom stereocenters. The standard InChI is InChI=1S/C19H15N3O4S/c23-16(10-12-6-2-1-3-7-12)22-19-21-15(11-27-19)17(24)20-14-9-5-4-8-13(14)18(25)26/h1-9,11H,10H2,(H,20,24)(H,25,26)(H,21,22,23). The molecule has 1 heterocycles. The molecular formula is C19H15N3O4S. The molecule has 136 valence electrons. The number of rotatable bonds is 6. The van der Waals surface area contributed by atoms with Crippen molar-refractivity contribution in [3.63, 3.8) is 0 Å². The van der Waals surface area contributed by atoms with Crippen molar-refractivity contribution in [2.75, 3.05) is 10.6 Å². The highest BCUT2D eigenvalue weighted by atomic mass is 32.1. The van der Waals surface area contributed by atoms with Crippen LogP contribution < -0.4 is 10.6 Å². The number of nitrogens with one attached hydrogen (secondary N) is 2. The molecule has 0 aliphatic rings. The molecule has 0 aliphatic heterocycles. The van der Waals surface area contributed by atoms with Crippen molar-refractivity contribution >= 4 is 39.9 Å². The second-order valence-electron chi connectivity index (χ2n) is 5.55. The Morgan fingerprint density at radius 3 is 2.41 bits per heavy atom. The first-order chi connectivity index (χ1) is 13.0. The van der Waals surface area contributed by atoms with Gasteiger partial charge in [0, 0.05) is 5.38 Å². The van der Waals surface area contributed by atoms with Crippen molar-refractivity contribution in [3.8, 4) is 0 Å². The molecule has 0 bridgehead atoms. The molecular weight excluding hydrogens is 366 g/mol. The molecule has 0 aliphatic carbocycles. The molecule has 8 heteroatoms. The number of hydrogen-bond acceptors (Lipinski definition) is 5. The van der Waals surface area contributed by atoms with Gasteiger partial charge in [-0.15, -0.1) is 11.3 Å². The van der Waals surface area contributed by atoms with Crippen LogP contribution in [-0.2, 0) is 11.2 Å². The number of carboxylic acids is 1. The van der Waals surface area contributed by atoms with Gasteiger partial charge in [0.15, 0.2) is 5.13 Å². The molecule has 0 saturated heterocycles. The first kappa shape index (κ1) is 18.3. The first-order valence-electron chi connectivity index (χ1n) is 7.96. The van der Waals surface area contributed by atoms with E-state index in [0.29, 0.717) is 5.13 Å². The van der Waals surface area contributed by atoms with Crippen LogP contribution >= 0.6 is 11.3 Å². The number of benzene rings is 2. The molecule has 0 radical (unpaired) electrons. The fraction of sp³-hybridized carbons (Fsp3) is 0.0526. The fourth-order valence-corrected chi connectivity index (χ4v) is 3.05. The lowest BCUT2D eigenvalue weighted by Gasteiger charge is -2.06. The zero-order chi connectivity index (χ0) is 19.2. The minimum Gasteiger partial charge on any atom is -0.478 e. The zero-order valence-electron chi connectivity index (χ0n) is 14.0. The van der Waals surface area contributed by atoms with Gasteiger partial charge in [-0.1, -0.05) is 42.5 Å². The summed E-state index contributed by atoms with van der Waals surface area (Å²) in [6.07, 6.45) is 0.202.